The third kappa shape index (κ3) is 5.40. The highest BCUT2D eigenvalue weighted by Crippen LogP contribution is 2.33. The van der Waals surface area contributed by atoms with Crippen molar-refractivity contribution in [2.45, 2.75) is 58.0 Å². The van der Waals surface area contributed by atoms with Gasteiger partial charge in [-0.2, -0.15) is 0 Å². The maximum atomic E-state index is 14.1. The minimum atomic E-state index is 0.101. The van der Waals surface area contributed by atoms with Crippen LogP contribution in [-0.2, 0) is 6.54 Å². The van der Waals surface area contributed by atoms with Crippen LogP contribution in [0.15, 0.2) is 48.5 Å². The number of nitrogens with one attached hydrogen (secondary N) is 1. The van der Waals surface area contributed by atoms with Crippen LogP contribution in [0.3, 0.4) is 0 Å². The van der Waals surface area contributed by atoms with Crippen molar-refractivity contribution in [2.75, 3.05) is 30.3 Å². The normalized spacial score (nSPS) is 17.6. The van der Waals surface area contributed by atoms with Gasteiger partial charge in [0.05, 0.1) is 11.4 Å². The van der Waals surface area contributed by atoms with Crippen molar-refractivity contribution in [3.63, 3.8) is 0 Å². The molecule has 0 radical (unpaired) electrons. The molecule has 0 bridgehead atoms. The first-order valence-electron chi connectivity index (χ1n) is 11.8. The number of hydrogen-bond donors (Lipinski definition) is 2. The fourth-order valence-electron chi connectivity index (χ4n) is 4.98. The van der Waals surface area contributed by atoms with Gasteiger partial charge in [-0.1, -0.05) is 54.8 Å². The third-order valence-corrected chi connectivity index (χ3v) is 6.79. The van der Waals surface area contributed by atoms with E-state index in [1.54, 1.807) is 0 Å². The zero-order chi connectivity index (χ0) is 21.6. The molecule has 3 N–H and O–H groups in total. The van der Waals surface area contributed by atoms with Crippen LogP contribution in [0.2, 0.25) is 0 Å². The number of benzene rings is 2. The molecule has 166 valence electrons. The molecule has 5 heteroatoms. The van der Waals surface area contributed by atoms with Gasteiger partial charge in [0.1, 0.15) is 0 Å². The summed E-state index contributed by atoms with van der Waals surface area (Å²) in [4.78, 5) is 18.2. The van der Waals surface area contributed by atoms with E-state index in [0.29, 0.717) is 18.2 Å². The van der Waals surface area contributed by atoms with Gasteiger partial charge in [0, 0.05) is 19.1 Å². The van der Waals surface area contributed by atoms with E-state index in [1.165, 1.54) is 24.0 Å². The van der Waals surface area contributed by atoms with Crippen molar-refractivity contribution in [1.82, 2.24) is 10.2 Å². The van der Waals surface area contributed by atoms with Crippen molar-refractivity contribution >= 4 is 17.4 Å². The van der Waals surface area contributed by atoms with Gasteiger partial charge in [0.2, 0.25) is 0 Å². The van der Waals surface area contributed by atoms with Crippen LogP contribution < -0.4 is 16.0 Å². The number of urea groups is 1. The van der Waals surface area contributed by atoms with Crippen molar-refractivity contribution < 1.29 is 4.79 Å². The molecular formula is C26H36N4O. The number of para-hydroxylation sites is 2. The van der Waals surface area contributed by atoms with Crippen LogP contribution in [0.5, 0.6) is 0 Å². The minimum Gasteiger partial charge on any atom is -0.397 e. The molecule has 2 fully saturated rings. The van der Waals surface area contributed by atoms with E-state index in [2.05, 4.69) is 41.4 Å². The van der Waals surface area contributed by atoms with E-state index in [0.717, 1.165) is 51.0 Å². The lowest BCUT2D eigenvalue weighted by Crippen LogP contribution is -2.49. The molecule has 0 unspecified atom stereocenters. The molecule has 2 aromatic carbocycles. The maximum absolute atomic E-state index is 14.1. The predicted molar refractivity (Wildman–Crippen MR) is 128 cm³/mol. The van der Waals surface area contributed by atoms with Gasteiger partial charge in [0.25, 0.3) is 0 Å². The van der Waals surface area contributed by atoms with Crippen LogP contribution >= 0.6 is 0 Å². The highest BCUT2D eigenvalue weighted by Gasteiger charge is 2.33. The average Bonchev–Trinajstić information content (AvgIpc) is 3.31. The summed E-state index contributed by atoms with van der Waals surface area (Å²) in [5.41, 5.74) is 10.3. The van der Waals surface area contributed by atoms with Crippen molar-refractivity contribution in [2.24, 2.45) is 5.92 Å². The van der Waals surface area contributed by atoms with E-state index in [-0.39, 0.29) is 12.1 Å². The molecule has 31 heavy (non-hydrogen) atoms. The fourth-order valence-corrected chi connectivity index (χ4v) is 4.98. The summed E-state index contributed by atoms with van der Waals surface area (Å²) >= 11 is 0. The van der Waals surface area contributed by atoms with Gasteiger partial charge in [0.15, 0.2) is 0 Å². The average molecular weight is 421 g/mol. The van der Waals surface area contributed by atoms with Gasteiger partial charge in [-0.25, -0.2) is 4.79 Å². The molecule has 4 rings (SSSR count). The fraction of sp³-hybridized carbons (Fsp3) is 0.500. The number of carbonyl (C=O) groups is 1. The lowest BCUT2D eigenvalue weighted by molar-refractivity contribution is 0.180. The smallest absolute Gasteiger partial charge is 0.325 e. The molecule has 0 spiro atoms. The summed E-state index contributed by atoms with van der Waals surface area (Å²) in [6, 6.07) is 16.7. The number of nitrogen functional groups attached to an aromatic ring is 1. The highest BCUT2D eigenvalue weighted by molar-refractivity contribution is 5.95. The topological polar surface area (TPSA) is 61.6 Å². The van der Waals surface area contributed by atoms with Crippen LogP contribution in [0.25, 0.3) is 0 Å². The maximum Gasteiger partial charge on any atom is 0.325 e. The Kier molecular flexibility index (Phi) is 7.13. The second-order valence-electron chi connectivity index (χ2n) is 9.21. The van der Waals surface area contributed by atoms with E-state index < -0.39 is 0 Å². The Balaban J connectivity index is 1.63. The first-order valence-corrected chi connectivity index (χ1v) is 11.8. The molecule has 1 saturated heterocycles. The first kappa shape index (κ1) is 21.7. The third-order valence-electron chi connectivity index (χ3n) is 6.79. The molecule has 0 atom stereocenters. The molecular weight excluding hydrogens is 384 g/mol. The second kappa shape index (κ2) is 10.2. The number of nitrogens with zero attached hydrogens (tertiary/aromatic N) is 2. The molecule has 1 heterocycles. The number of aryl methyl sites for hydroxylation is 1. The summed E-state index contributed by atoms with van der Waals surface area (Å²) in [6.45, 7) is 5.61. The van der Waals surface area contributed by atoms with Crippen LogP contribution in [0, 0.1) is 12.8 Å². The summed E-state index contributed by atoms with van der Waals surface area (Å²) < 4.78 is 0. The number of hydrogen-bond acceptors (Lipinski definition) is 3. The standard InChI is InChI=1S/C26H36N4O/c1-20-10-12-21(13-11-20)18-29(19-22-14-16-28-17-15-22)26(31)30(23-6-2-3-7-23)25-9-5-4-8-24(25)27/h4-5,8-13,22-23,28H,2-3,6-7,14-19,27H2,1H3. The Bertz CT molecular complexity index is 854. The number of piperidine rings is 1. The van der Waals surface area contributed by atoms with Crippen LogP contribution in [-0.4, -0.2) is 36.6 Å². The van der Waals surface area contributed by atoms with Gasteiger partial charge >= 0.3 is 6.03 Å². The molecule has 1 aliphatic heterocycles. The van der Waals surface area contributed by atoms with E-state index >= 15 is 0 Å². The second-order valence-corrected chi connectivity index (χ2v) is 9.21. The van der Waals surface area contributed by atoms with Gasteiger partial charge in [-0.05, 0) is 69.3 Å². The Morgan fingerprint density at radius 3 is 2.35 bits per heavy atom. The zero-order valence-electron chi connectivity index (χ0n) is 18.7. The predicted octanol–water partition coefficient (Wildman–Crippen LogP) is 4.95. The molecule has 2 aliphatic rings. The van der Waals surface area contributed by atoms with E-state index in [4.69, 9.17) is 5.73 Å². The molecule has 1 saturated carbocycles. The molecule has 2 aromatic rings. The Morgan fingerprint density at radius 1 is 1.00 bits per heavy atom. The largest absolute Gasteiger partial charge is 0.397 e. The summed E-state index contributed by atoms with van der Waals surface area (Å²) in [6.07, 6.45) is 6.68. The van der Waals surface area contributed by atoms with Crippen LogP contribution in [0.4, 0.5) is 16.2 Å². The number of nitrogens with two attached hydrogens (primary N) is 1. The molecule has 0 aromatic heterocycles. The van der Waals surface area contributed by atoms with Crippen molar-refractivity contribution in [3.8, 4) is 0 Å². The quantitative estimate of drug-likeness (QED) is 0.650. The molecule has 5 nitrogen and oxygen atoms in total. The number of rotatable bonds is 6. The lowest BCUT2D eigenvalue weighted by Gasteiger charge is -2.37. The summed E-state index contributed by atoms with van der Waals surface area (Å²) in [5.74, 6) is 0.536. The Hall–Kier alpha value is -2.53. The van der Waals surface area contributed by atoms with Crippen molar-refractivity contribution in [1.29, 1.82) is 0 Å². The first-order chi connectivity index (χ1) is 15.1. The monoisotopic (exact) mass is 420 g/mol. The minimum absolute atomic E-state index is 0.101. The number of amides is 2. The van der Waals surface area contributed by atoms with E-state index in [9.17, 15) is 4.79 Å². The molecule has 1 aliphatic carbocycles. The SMILES string of the molecule is Cc1ccc(CN(CC2CCNCC2)C(=O)N(c2ccccc2N)C2CCCC2)cc1. The zero-order valence-corrected chi connectivity index (χ0v) is 18.7. The summed E-state index contributed by atoms with van der Waals surface area (Å²) in [7, 11) is 0. The van der Waals surface area contributed by atoms with Gasteiger partial charge < -0.3 is 16.0 Å². The van der Waals surface area contributed by atoms with Gasteiger partial charge in [-0.15, -0.1) is 0 Å². The Morgan fingerprint density at radius 2 is 1.68 bits per heavy atom. The number of anilines is 2. The number of carbonyl (C=O) groups excluding carboxylic acids is 1. The van der Waals surface area contributed by atoms with Crippen LogP contribution in [0.1, 0.15) is 49.7 Å². The van der Waals surface area contributed by atoms with Crippen molar-refractivity contribution in [3.05, 3.63) is 59.7 Å². The lowest BCUT2D eigenvalue weighted by atomic mass is 9.97. The van der Waals surface area contributed by atoms with E-state index in [1.807, 2.05) is 29.2 Å². The highest BCUT2D eigenvalue weighted by atomic mass is 16.2. The molecule has 2 amide bonds. The van der Waals surface area contributed by atoms with Gasteiger partial charge in [-0.3, -0.25) is 4.90 Å². The Labute approximate surface area is 186 Å². The summed E-state index contributed by atoms with van der Waals surface area (Å²) in [5, 5.41) is 3.44.